The molecule has 0 aliphatic rings. The molecule has 0 N–H and O–H groups in total. The standard InChI is InChI=1S/C9H12O3/c1-8(10)4-6-11-7-9-3-2-5-12-9/h2-3,5H,4,6-7H2,1H3. The second kappa shape index (κ2) is 4.72. The molecule has 12 heavy (non-hydrogen) atoms. The number of carbonyl (C=O) groups is 1. The molecule has 3 heteroatoms. The number of hydrogen-bond acceptors (Lipinski definition) is 3. The number of hydrogen-bond donors (Lipinski definition) is 0. The van der Waals surface area contributed by atoms with Gasteiger partial charge in [0.05, 0.1) is 12.9 Å². The molecule has 0 atom stereocenters. The van der Waals surface area contributed by atoms with Crippen molar-refractivity contribution in [2.24, 2.45) is 0 Å². The van der Waals surface area contributed by atoms with E-state index in [2.05, 4.69) is 0 Å². The second-order valence-corrected chi connectivity index (χ2v) is 2.58. The second-order valence-electron chi connectivity index (χ2n) is 2.58. The minimum atomic E-state index is 0.148. The predicted octanol–water partition coefficient (Wildman–Crippen LogP) is 1.78. The fourth-order valence-electron chi connectivity index (χ4n) is 0.783. The molecule has 1 aromatic heterocycles. The van der Waals surface area contributed by atoms with Crippen LogP contribution in [-0.4, -0.2) is 12.4 Å². The molecular weight excluding hydrogens is 156 g/mol. The Morgan fingerprint density at radius 3 is 3.08 bits per heavy atom. The fraction of sp³-hybridized carbons (Fsp3) is 0.444. The maximum Gasteiger partial charge on any atom is 0.132 e. The van der Waals surface area contributed by atoms with E-state index in [0.29, 0.717) is 19.6 Å². The van der Waals surface area contributed by atoms with E-state index in [0.717, 1.165) is 5.76 Å². The third-order valence-corrected chi connectivity index (χ3v) is 1.42. The highest BCUT2D eigenvalue weighted by molar-refractivity contribution is 5.75. The van der Waals surface area contributed by atoms with Crippen LogP contribution in [0.25, 0.3) is 0 Å². The molecular formula is C9H12O3. The van der Waals surface area contributed by atoms with Crippen molar-refractivity contribution in [1.82, 2.24) is 0 Å². The normalized spacial score (nSPS) is 10.1. The maximum absolute atomic E-state index is 10.5. The first kappa shape index (κ1) is 9.00. The zero-order chi connectivity index (χ0) is 8.81. The van der Waals surface area contributed by atoms with Gasteiger partial charge < -0.3 is 9.15 Å². The van der Waals surface area contributed by atoms with Gasteiger partial charge in [-0.1, -0.05) is 0 Å². The van der Waals surface area contributed by atoms with E-state index in [9.17, 15) is 4.79 Å². The largest absolute Gasteiger partial charge is 0.467 e. The van der Waals surface area contributed by atoms with Crippen LogP contribution in [0.15, 0.2) is 22.8 Å². The van der Waals surface area contributed by atoms with E-state index in [1.54, 1.807) is 13.2 Å². The van der Waals surface area contributed by atoms with Gasteiger partial charge in [0.1, 0.15) is 18.2 Å². The Balaban J connectivity index is 2.07. The van der Waals surface area contributed by atoms with Crippen LogP contribution in [0.3, 0.4) is 0 Å². The van der Waals surface area contributed by atoms with Gasteiger partial charge in [0.15, 0.2) is 0 Å². The Morgan fingerprint density at radius 1 is 1.67 bits per heavy atom. The van der Waals surface area contributed by atoms with Gasteiger partial charge in [-0.2, -0.15) is 0 Å². The Kier molecular flexibility index (Phi) is 3.54. The number of furan rings is 1. The molecule has 0 radical (unpaired) electrons. The van der Waals surface area contributed by atoms with Gasteiger partial charge in [0, 0.05) is 6.42 Å². The summed E-state index contributed by atoms with van der Waals surface area (Å²) in [7, 11) is 0. The Hall–Kier alpha value is -1.09. The van der Waals surface area contributed by atoms with Crippen molar-refractivity contribution in [2.45, 2.75) is 20.0 Å². The SMILES string of the molecule is CC(=O)CCOCc1ccco1. The zero-order valence-electron chi connectivity index (χ0n) is 7.08. The van der Waals surface area contributed by atoms with Gasteiger partial charge in [-0.25, -0.2) is 0 Å². The molecule has 1 heterocycles. The molecule has 0 bridgehead atoms. The highest BCUT2D eigenvalue weighted by Gasteiger charge is 1.96. The fourth-order valence-corrected chi connectivity index (χ4v) is 0.783. The molecule has 3 nitrogen and oxygen atoms in total. The van der Waals surface area contributed by atoms with Crippen LogP contribution in [0.2, 0.25) is 0 Å². The van der Waals surface area contributed by atoms with Crippen LogP contribution in [0.4, 0.5) is 0 Å². The van der Waals surface area contributed by atoms with Crippen molar-refractivity contribution in [3.8, 4) is 0 Å². The molecule has 1 rings (SSSR count). The van der Waals surface area contributed by atoms with E-state index in [4.69, 9.17) is 9.15 Å². The van der Waals surface area contributed by atoms with Crippen molar-refractivity contribution < 1.29 is 13.9 Å². The summed E-state index contributed by atoms with van der Waals surface area (Å²) in [6.45, 7) is 2.46. The molecule has 0 spiro atoms. The minimum absolute atomic E-state index is 0.148. The molecule has 0 unspecified atom stereocenters. The van der Waals surface area contributed by atoms with Crippen LogP contribution >= 0.6 is 0 Å². The Morgan fingerprint density at radius 2 is 2.50 bits per heavy atom. The van der Waals surface area contributed by atoms with Gasteiger partial charge in [0.25, 0.3) is 0 Å². The van der Waals surface area contributed by atoms with Crippen LogP contribution in [0.5, 0.6) is 0 Å². The zero-order valence-corrected chi connectivity index (χ0v) is 7.08. The van der Waals surface area contributed by atoms with Gasteiger partial charge in [-0.3, -0.25) is 4.79 Å². The lowest BCUT2D eigenvalue weighted by molar-refractivity contribution is -0.118. The summed E-state index contributed by atoms with van der Waals surface area (Å²) in [6, 6.07) is 3.65. The summed E-state index contributed by atoms with van der Waals surface area (Å²) in [5.41, 5.74) is 0. The average molecular weight is 168 g/mol. The van der Waals surface area contributed by atoms with Crippen molar-refractivity contribution in [3.05, 3.63) is 24.2 Å². The summed E-state index contributed by atoms with van der Waals surface area (Å²) in [6.07, 6.45) is 2.07. The van der Waals surface area contributed by atoms with Gasteiger partial charge in [-0.15, -0.1) is 0 Å². The summed E-state index contributed by atoms with van der Waals surface area (Å²) >= 11 is 0. The lowest BCUT2D eigenvalue weighted by atomic mass is 10.3. The van der Waals surface area contributed by atoms with Crippen LogP contribution < -0.4 is 0 Å². The maximum atomic E-state index is 10.5. The number of rotatable bonds is 5. The van der Waals surface area contributed by atoms with E-state index in [1.165, 1.54) is 0 Å². The van der Waals surface area contributed by atoms with E-state index < -0.39 is 0 Å². The third kappa shape index (κ3) is 3.34. The number of ether oxygens (including phenoxy) is 1. The molecule has 0 aromatic carbocycles. The highest BCUT2D eigenvalue weighted by Crippen LogP contribution is 2.01. The monoisotopic (exact) mass is 168 g/mol. The first-order valence-electron chi connectivity index (χ1n) is 3.88. The summed E-state index contributed by atoms with van der Waals surface area (Å²) < 4.78 is 10.2. The van der Waals surface area contributed by atoms with Crippen LogP contribution in [0, 0.1) is 0 Å². The lowest BCUT2D eigenvalue weighted by Crippen LogP contribution is -1.99. The number of ketones is 1. The molecule has 0 fully saturated rings. The first-order chi connectivity index (χ1) is 5.79. The first-order valence-corrected chi connectivity index (χ1v) is 3.88. The topological polar surface area (TPSA) is 39.4 Å². The third-order valence-electron chi connectivity index (χ3n) is 1.42. The molecule has 0 saturated carbocycles. The average Bonchev–Trinajstić information content (AvgIpc) is 2.49. The van der Waals surface area contributed by atoms with Crippen LogP contribution in [0.1, 0.15) is 19.1 Å². The van der Waals surface area contributed by atoms with Crippen molar-refractivity contribution in [3.63, 3.8) is 0 Å². The molecule has 66 valence electrons. The van der Waals surface area contributed by atoms with Gasteiger partial charge >= 0.3 is 0 Å². The number of Topliss-reactive ketones (excluding diaryl/α,β-unsaturated/α-hetero) is 1. The van der Waals surface area contributed by atoms with Gasteiger partial charge in [-0.05, 0) is 19.1 Å². The summed E-state index contributed by atoms with van der Waals surface area (Å²) in [5, 5.41) is 0. The quantitative estimate of drug-likeness (QED) is 0.629. The molecule has 0 amide bonds. The van der Waals surface area contributed by atoms with E-state index >= 15 is 0 Å². The summed E-state index contributed by atoms with van der Waals surface area (Å²) in [5.74, 6) is 0.938. The molecule has 0 saturated heterocycles. The lowest BCUT2D eigenvalue weighted by Gasteiger charge is -1.98. The van der Waals surface area contributed by atoms with Crippen LogP contribution in [-0.2, 0) is 16.1 Å². The van der Waals surface area contributed by atoms with Crippen molar-refractivity contribution >= 4 is 5.78 Å². The number of carbonyl (C=O) groups excluding carboxylic acids is 1. The Bertz CT molecular complexity index is 226. The summed E-state index contributed by atoms with van der Waals surface area (Å²) in [4.78, 5) is 10.5. The molecule has 0 aliphatic heterocycles. The van der Waals surface area contributed by atoms with Gasteiger partial charge in [0.2, 0.25) is 0 Å². The van der Waals surface area contributed by atoms with E-state index in [-0.39, 0.29) is 5.78 Å². The van der Waals surface area contributed by atoms with E-state index in [1.807, 2.05) is 12.1 Å². The van der Waals surface area contributed by atoms with Crippen molar-refractivity contribution in [1.29, 1.82) is 0 Å². The predicted molar refractivity (Wildman–Crippen MR) is 43.7 cm³/mol. The minimum Gasteiger partial charge on any atom is -0.467 e. The van der Waals surface area contributed by atoms with Crippen molar-refractivity contribution in [2.75, 3.05) is 6.61 Å². The molecule has 1 aromatic rings. The Labute approximate surface area is 71.3 Å². The smallest absolute Gasteiger partial charge is 0.132 e. The highest BCUT2D eigenvalue weighted by atomic mass is 16.5. The molecule has 0 aliphatic carbocycles.